The molecule has 0 aromatic carbocycles. The van der Waals surface area contributed by atoms with E-state index < -0.39 is 23.8 Å². The van der Waals surface area contributed by atoms with E-state index in [2.05, 4.69) is 0 Å². The van der Waals surface area contributed by atoms with Crippen LogP contribution in [-0.2, 0) is 14.4 Å². The second kappa shape index (κ2) is 4.71. The van der Waals surface area contributed by atoms with Gasteiger partial charge >= 0.3 is 5.97 Å². The third-order valence-electron chi connectivity index (χ3n) is 1.62. The first-order valence-corrected chi connectivity index (χ1v) is 3.77. The van der Waals surface area contributed by atoms with Crippen LogP contribution in [0.5, 0.6) is 0 Å². The van der Waals surface area contributed by atoms with E-state index in [1.165, 1.54) is 6.92 Å². The van der Waals surface area contributed by atoms with E-state index in [0.717, 1.165) is 6.92 Å². The molecule has 0 radical (unpaired) electrons. The van der Waals surface area contributed by atoms with Gasteiger partial charge in [0, 0.05) is 6.42 Å². The van der Waals surface area contributed by atoms with E-state index in [0.29, 0.717) is 0 Å². The van der Waals surface area contributed by atoms with Crippen molar-refractivity contribution in [3.63, 3.8) is 0 Å². The molecule has 0 amide bonds. The van der Waals surface area contributed by atoms with Crippen molar-refractivity contribution in [1.82, 2.24) is 0 Å². The van der Waals surface area contributed by atoms with Crippen molar-refractivity contribution in [2.24, 2.45) is 5.92 Å². The molecule has 0 fully saturated rings. The summed E-state index contributed by atoms with van der Waals surface area (Å²) in [4.78, 5) is 31.8. The van der Waals surface area contributed by atoms with Gasteiger partial charge in [0.1, 0.15) is 11.9 Å². The minimum atomic E-state index is -1.60. The molecule has 2 N–H and O–H groups in total. The summed E-state index contributed by atoms with van der Waals surface area (Å²) in [5.74, 6) is -3.67. The molecule has 0 aliphatic heterocycles. The molecule has 74 valence electrons. The number of carboxylic acids is 1. The Hall–Kier alpha value is -1.23. The highest BCUT2D eigenvalue weighted by atomic mass is 16.4. The highest BCUT2D eigenvalue weighted by Crippen LogP contribution is 2.11. The first-order valence-electron chi connectivity index (χ1n) is 3.77. The van der Waals surface area contributed by atoms with E-state index in [1.807, 2.05) is 0 Å². The van der Waals surface area contributed by atoms with Crippen molar-refractivity contribution in [3.05, 3.63) is 0 Å². The molecule has 0 aliphatic carbocycles. The van der Waals surface area contributed by atoms with Crippen LogP contribution in [0.3, 0.4) is 0 Å². The normalized spacial score (nSPS) is 14.7. The fraction of sp³-hybridized carbons (Fsp3) is 0.625. The summed E-state index contributed by atoms with van der Waals surface area (Å²) in [5, 5.41) is 17.7. The van der Waals surface area contributed by atoms with E-state index >= 15 is 0 Å². The lowest BCUT2D eigenvalue weighted by atomic mass is 9.94. The van der Waals surface area contributed by atoms with Gasteiger partial charge in [0.15, 0.2) is 5.78 Å². The molecule has 0 rings (SSSR count). The zero-order valence-corrected chi connectivity index (χ0v) is 7.48. The Labute approximate surface area is 75.4 Å². The first-order chi connectivity index (χ1) is 5.86. The molecule has 2 unspecified atom stereocenters. The predicted octanol–water partition coefficient (Wildman–Crippen LogP) is -0.384. The summed E-state index contributed by atoms with van der Waals surface area (Å²) in [6, 6.07) is 0. The number of hydrogen-bond acceptors (Lipinski definition) is 4. The van der Waals surface area contributed by atoms with E-state index in [9.17, 15) is 14.4 Å². The van der Waals surface area contributed by atoms with Crippen LogP contribution >= 0.6 is 0 Å². The molecule has 0 heterocycles. The lowest BCUT2D eigenvalue weighted by Gasteiger charge is -2.14. The van der Waals surface area contributed by atoms with Gasteiger partial charge in [-0.2, -0.15) is 0 Å². The topological polar surface area (TPSA) is 91.7 Å². The maximum absolute atomic E-state index is 10.6. The summed E-state index contributed by atoms with van der Waals surface area (Å²) in [6.07, 6.45) is -1.92. The van der Waals surface area contributed by atoms with Gasteiger partial charge in [-0.05, 0) is 13.8 Å². The Morgan fingerprint density at radius 2 is 1.69 bits per heavy atom. The number of aliphatic hydroxyl groups excluding tert-OH is 1. The number of carbonyl (C=O) groups excluding carboxylic acids is 2. The number of hydrogen-bond donors (Lipinski definition) is 2. The van der Waals surface area contributed by atoms with Crippen molar-refractivity contribution in [3.8, 4) is 0 Å². The lowest BCUT2D eigenvalue weighted by molar-refractivity contribution is -0.151. The lowest BCUT2D eigenvalue weighted by Crippen LogP contribution is -2.34. The number of carboxylic acid groups (broad SMARTS) is 1. The summed E-state index contributed by atoms with van der Waals surface area (Å²) in [7, 11) is 0. The SMILES string of the molecule is CC(=O)CC(C(=O)O)C(O)C(C)=O. The Morgan fingerprint density at radius 3 is 1.92 bits per heavy atom. The molecule has 0 aromatic heterocycles. The van der Waals surface area contributed by atoms with Crippen LogP contribution in [0.4, 0.5) is 0 Å². The van der Waals surface area contributed by atoms with Crippen LogP contribution in [0.1, 0.15) is 20.3 Å². The number of aliphatic carboxylic acids is 1. The number of Topliss-reactive ketones (excluding diaryl/α,β-unsaturated/α-hetero) is 2. The largest absolute Gasteiger partial charge is 0.481 e. The van der Waals surface area contributed by atoms with Crippen molar-refractivity contribution in [1.29, 1.82) is 0 Å². The summed E-state index contributed by atoms with van der Waals surface area (Å²) >= 11 is 0. The highest BCUT2D eigenvalue weighted by Gasteiger charge is 2.30. The standard InChI is InChI=1S/C8H12O5/c1-4(9)3-6(8(12)13)7(11)5(2)10/h6-7,11H,3H2,1-2H3,(H,12,13). The van der Waals surface area contributed by atoms with Crippen LogP contribution in [0.2, 0.25) is 0 Å². The summed E-state index contributed by atoms with van der Waals surface area (Å²) < 4.78 is 0. The van der Waals surface area contributed by atoms with Gasteiger partial charge in [0.05, 0.1) is 5.92 Å². The minimum absolute atomic E-state index is 0.323. The minimum Gasteiger partial charge on any atom is -0.481 e. The quantitative estimate of drug-likeness (QED) is 0.613. The van der Waals surface area contributed by atoms with Crippen molar-refractivity contribution in [2.45, 2.75) is 26.4 Å². The third-order valence-corrected chi connectivity index (χ3v) is 1.62. The Morgan fingerprint density at radius 1 is 1.23 bits per heavy atom. The summed E-state index contributed by atoms with van der Waals surface area (Å²) in [6.45, 7) is 2.30. The van der Waals surface area contributed by atoms with E-state index in [4.69, 9.17) is 10.2 Å². The molecule has 0 spiro atoms. The smallest absolute Gasteiger partial charge is 0.310 e. The number of rotatable bonds is 5. The van der Waals surface area contributed by atoms with E-state index in [-0.39, 0.29) is 12.2 Å². The van der Waals surface area contributed by atoms with Crippen LogP contribution in [0, 0.1) is 5.92 Å². The van der Waals surface area contributed by atoms with Crippen LogP contribution < -0.4 is 0 Å². The van der Waals surface area contributed by atoms with Gasteiger partial charge in [0.25, 0.3) is 0 Å². The van der Waals surface area contributed by atoms with Gasteiger partial charge in [-0.15, -0.1) is 0 Å². The van der Waals surface area contributed by atoms with Crippen molar-refractivity contribution < 1.29 is 24.6 Å². The fourth-order valence-corrected chi connectivity index (χ4v) is 0.927. The monoisotopic (exact) mass is 188 g/mol. The van der Waals surface area contributed by atoms with Crippen molar-refractivity contribution in [2.75, 3.05) is 0 Å². The Balaban J connectivity index is 4.51. The molecule has 0 aromatic rings. The molecule has 5 nitrogen and oxygen atoms in total. The summed E-state index contributed by atoms with van der Waals surface area (Å²) in [5.41, 5.74) is 0. The van der Waals surface area contributed by atoms with Crippen LogP contribution in [-0.4, -0.2) is 33.9 Å². The van der Waals surface area contributed by atoms with Crippen molar-refractivity contribution >= 4 is 17.5 Å². The first kappa shape index (κ1) is 11.8. The van der Waals surface area contributed by atoms with E-state index in [1.54, 1.807) is 0 Å². The number of carbonyl (C=O) groups is 3. The molecule has 13 heavy (non-hydrogen) atoms. The van der Waals surface area contributed by atoms with Gasteiger partial charge in [0.2, 0.25) is 0 Å². The molecular formula is C8H12O5. The Bertz CT molecular complexity index is 233. The maximum atomic E-state index is 10.6. The molecular weight excluding hydrogens is 176 g/mol. The maximum Gasteiger partial charge on any atom is 0.310 e. The highest BCUT2D eigenvalue weighted by molar-refractivity contribution is 5.89. The third kappa shape index (κ3) is 3.80. The van der Waals surface area contributed by atoms with Crippen LogP contribution in [0.15, 0.2) is 0 Å². The zero-order valence-electron chi connectivity index (χ0n) is 7.48. The van der Waals surface area contributed by atoms with Gasteiger partial charge in [-0.25, -0.2) is 0 Å². The number of ketones is 2. The molecule has 0 saturated carbocycles. The van der Waals surface area contributed by atoms with Gasteiger partial charge in [-0.1, -0.05) is 0 Å². The average Bonchev–Trinajstić information content (AvgIpc) is 1.97. The number of aliphatic hydroxyl groups is 1. The van der Waals surface area contributed by atoms with Crippen LogP contribution in [0.25, 0.3) is 0 Å². The molecule has 0 bridgehead atoms. The Kier molecular flexibility index (Phi) is 4.27. The zero-order chi connectivity index (χ0) is 10.6. The second-order valence-corrected chi connectivity index (χ2v) is 2.91. The average molecular weight is 188 g/mol. The molecule has 5 heteroatoms. The van der Waals surface area contributed by atoms with Gasteiger partial charge in [-0.3, -0.25) is 9.59 Å². The predicted molar refractivity (Wildman–Crippen MR) is 43.1 cm³/mol. The molecule has 2 atom stereocenters. The fourth-order valence-electron chi connectivity index (χ4n) is 0.927. The molecule has 0 saturated heterocycles. The second-order valence-electron chi connectivity index (χ2n) is 2.91. The van der Waals surface area contributed by atoms with Gasteiger partial charge < -0.3 is 15.0 Å². The molecule has 0 aliphatic rings.